The third-order valence-corrected chi connectivity index (χ3v) is 5.58. The summed E-state index contributed by atoms with van der Waals surface area (Å²) in [4.78, 5) is 19.4. The first-order valence-electron chi connectivity index (χ1n) is 8.00. The largest absolute Gasteiger partial charge is 0.328 e. The van der Waals surface area contributed by atoms with E-state index >= 15 is 0 Å². The molecule has 6 heteroatoms. The van der Waals surface area contributed by atoms with Crippen molar-refractivity contribution >= 4 is 17.2 Å². The number of likely N-dealkylation sites (tertiary alicyclic amines) is 1. The second kappa shape index (κ2) is 5.50. The number of aromatic nitrogens is 3. The molecule has 2 aliphatic rings. The van der Waals surface area contributed by atoms with Crippen LogP contribution in [-0.2, 0) is 0 Å². The zero-order valence-corrected chi connectivity index (χ0v) is 13.5. The Morgan fingerprint density at radius 1 is 1.36 bits per heavy atom. The molecule has 1 saturated heterocycles. The average molecular weight is 316 g/mol. The SMILES string of the molecule is Cc1csc([C@@H]2CCCCN2C(=O)c2cc(C3CC3)[nH]n2)n1. The molecule has 2 fully saturated rings. The number of thiazole rings is 1. The van der Waals surface area contributed by atoms with Gasteiger partial charge in [0, 0.05) is 29.2 Å². The summed E-state index contributed by atoms with van der Waals surface area (Å²) < 4.78 is 0. The van der Waals surface area contributed by atoms with Crippen LogP contribution in [0.4, 0.5) is 0 Å². The Balaban J connectivity index is 1.58. The lowest BCUT2D eigenvalue weighted by molar-refractivity contribution is 0.0605. The van der Waals surface area contributed by atoms with Crippen LogP contribution in [0.25, 0.3) is 0 Å². The van der Waals surface area contributed by atoms with Crippen molar-refractivity contribution < 1.29 is 4.79 Å². The number of carbonyl (C=O) groups excluding carboxylic acids is 1. The van der Waals surface area contributed by atoms with E-state index in [2.05, 4.69) is 20.6 Å². The van der Waals surface area contributed by atoms with E-state index in [1.165, 1.54) is 12.8 Å². The number of aryl methyl sites for hydroxylation is 1. The quantitative estimate of drug-likeness (QED) is 0.944. The highest BCUT2D eigenvalue weighted by Crippen LogP contribution is 2.39. The number of hydrogen-bond donors (Lipinski definition) is 1. The fraction of sp³-hybridized carbons (Fsp3) is 0.562. The summed E-state index contributed by atoms with van der Waals surface area (Å²) in [5, 5.41) is 10.4. The van der Waals surface area contributed by atoms with Crippen LogP contribution in [0.15, 0.2) is 11.4 Å². The summed E-state index contributed by atoms with van der Waals surface area (Å²) in [6.45, 7) is 2.80. The van der Waals surface area contributed by atoms with Gasteiger partial charge in [0.15, 0.2) is 0 Å². The summed E-state index contributed by atoms with van der Waals surface area (Å²) in [5.41, 5.74) is 2.71. The van der Waals surface area contributed by atoms with E-state index in [4.69, 9.17) is 0 Å². The van der Waals surface area contributed by atoms with Crippen molar-refractivity contribution in [3.63, 3.8) is 0 Å². The molecular formula is C16H20N4OS. The molecule has 0 bridgehead atoms. The fourth-order valence-corrected chi connectivity index (χ4v) is 4.10. The van der Waals surface area contributed by atoms with Crippen LogP contribution in [0, 0.1) is 6.92 Å². The average Bonchev–Trinajstić information content (AvgIpc) is 3.11. The Bertz CT molecular complexity index is 688. The smallest absolute Gasteiger partial charge is 0.274 e. The molecule has 2 aromatic rings. The molecule has 1 aliphatic heterocycles. The predicted octanol–water partition coefficient (Wildman–Crippen LogP) is 3.42. The van der Waals surface area contributed by atoms with Crippen LogP contribution in [-0.4, -0.2) is 32.5 Å². The third-order valence-electron chi connectivity index (χ3n) is 4.52. The number of amides is 1. The maximum Gasteiger partial charge on any atom is 0.274 e. The molecule has 116 valence electrons. The molecule has 0 radical (unpaired) electrons. The van der Waals surface area contributed by atoms with Crippen molar-refractivity contribution in [3.8, 4) is 0 Å². The van der Waals surface area contributed by atoms with Crippen LogP contribution in [0.5, 0.6) is 0 Å². The second-order valence-electron chi connectivity index (χ2n) is 6.32. The minimum atomic E-state index is 0.0423. The van der Waals surface area contributed by atoms with E-state index in [9.17, 15) is 4.79 Å². The molecule has 5 nitrogen and oxygen atoms in total. The maximum absolute atomic E-state index is 12.9. The molecule has 0 spiro atoms. The summed E-state index contributed by atoms with van der Waals surface area (Å²) in [6.07, 6.45) is 5.63. The summed E-state index contributed by atoms with van der Waals surface area (Å²) in [5.74, 6) is 0.633. The maximum atomic E-state index is 12.9. The normalized spacial score (nSPS) is 22.0. The summed E-state index contributed by atoms with van der Waals surface area (Å²) >= 11 is 1.66. The third kappa shape index (κ3) is 2.56. The Morgan fingerprint density at radius 3 is 2.95 bits per heavy atom. The van der Waals surface area contributed by atoms with Gasteiger partial charge in [0.25, 0.3) is 5.91 Å². The van der Waals surface area contributed by atoms with Crippen LogP contribution >= 0.6 is 11.3 Å². The van der Waals surface area contributed by atoms with Crippen molar-refractivity contribution in [1.82, 2.24) is 20.1 Å². The van der Waals surface area contributed by atoms with Gasteiger partial charge in [-0.05, 0) is 45.1 Å². The molecule has 2 aromatic heterocycles. The molecule has 1 N–H and O–H groups in total. The standard InChI is InChI=1S/C16H20N4OS/c1-10-9-22-15(17-10)14-4-2-3-7-20(14)16(21)13-8-12(18-19-13)11-5-6-11/h8-9,11,14H,2-7H2,1H3,(H,18,19)/t14-/m0/s1. The van der Waals surface area contributed by atoms with E-state index in [0.717, 1.165) is 42.2 Å². The Kier molecular flexibility index (Phi) is 3.48. The van der Waals surface area contributed by atoms with Crippen molar-refractivity contribution in [1.29, 1.82) is 0 Å². The van der Waals surface area contributed by atoms with Gasteiger partial charge in [0.05, 0.1) is 6.04 Å². The van der Waals surface area contributed by atoms with Crippen LogP contribution < -0.4 is 0 Å². The van der Waals surface area contributed by atoms with Gasteiger partial charge < -0.3 is 4.90 Å². The van der Waals surface area contributed by atoms with Gasteiger partial charge in [-0.2, -0.15) is 5.10 Å². The highest BCUT2D eigenvalue weighted by atomic mass is 32.1. The van der Waals surface area contributed by atoms with Gasteiger partial charge in [-0.15, -0.1) is 11.3 Å². The zero-order valence-electron chi connectivity index (χ0n) is 12.7. The van der Waals surface area contributed by atoms with Gasteiger partial charge in [0.2, 0.25) is 0 Å². The molecule has 1 amide bonds. The van der Waals surface area contributed by atoms with Crippen LogP contribution in [0.2, 0.25) is 0 Å². The predicted molar refractivity (Wildman–Crippen MR) is 85.0 cm³/mol. The number of rotatable bonds is 3. The Morgan fingerprint density at radius 2 is 2.23 bits per heavy atom. The van der Waals surface area contributed by atoms with Crippen molar-refractivity contribution in [2.45, 2.75) is 51.0 Å². The first kappa shape index (κ1) is 13.9. The first-order chi connectivity index (χ1) is 10.7. The minimum absolute atomic E-state index is 0.0423. The minimum Gasteiger partial charge on any atom is -0.328 e. The highest BCUT2D eigenvalue weighted by Gasteiger charge is 2.33. The van der Waals surface area contributed by atoms with Gasteiger partial charge in [-0.3, -0.25) is 9.89 Å². The number of piperidine rings is 1. The van der Waals surface area contributed by atoms with Crippen molar-refractivity contribution in [2.24, 2.45) is 0 Å². The summed E-state index contributed by atoms with van der Waals surface area (Å²) in [6, 6.07) is 2.06. The fourth-order valence-electron chi connectivity index (χ4n) is 3.15. The van der Waals surface area contributed by atoms with Crippen molar-refractivity contribution in [2.75, 3.05) is 6.54 Å². The Labute approximate surface area is 133 Å². The summed E-state index contributed by atoms with van der Waals surface area (Å²) in [7, 11) is 0. The molecule has 1 aliphatic carbocycles. The molecular weight excluding hydrogens is 296 g/mol. The van der Waals surface area contributed by atoms with E-state index in [1.54, 1.807) is 11.3 Å². The molecule has 0 aromatic carbocycles. The Hall–Kier alpha value is -1.69. The lowest BCUT2D eigenvalue weighted by atomic mass is 10.0. The number of nitrogens with one attached hydrogen (secondary N) is 1. The first-order valence-corrected chi connectivity index (χ1v) is 8.88. The highest BCUT2D eigenvalue weighted by molar-refractivity contribution is 7.09. The molecule has 3 heterocycles. The van der Waals surface area contributed by atoms with E-state index in [1.807, 2.05) is 17.9 Å². The zero-order chi connectivity index (χ0) is 15.1. The number of aromatic amines is 1. The van der Waals surface area contributed by atoms with Gasteiger partial charge in [-0.25, -0.2) is 4.98 Å². The molecule has 1 atom stereocenters. The second-order valence-corrected chi connectivity index (χ2v) is 7.21. The van der Waals surface area contributed by atoms with Crippen LogP contribution in [0.3, 0.4) is 0 Å². The van der Waals surface area contributed by atoms with Gasteiger partial charge in [-0.1, -0.05) is 0 Å². The molecule has 1 saturated carbocycles. The van der Waals surface area contributed by atoms with Gasteiger partial charge in [0.1, 0.15) is 10.7 Å². The monoisotopic (exact) mass is 316 g/mol. The van der Waals surface area contributed by atoms with E-state index in [0.29, 0.717) is 11.6 Å². The van der Waals surface area contributed by atoms with Crippen LogP contribution in [0.1, 0.15) is 70.9 Å². The topological polar surface area (TPSA) is 61.9 Å². The molecule has 22 heavy (non-hydrogen) atoms. The van der Waals surface area contributed by atoms with Crippen molar-refractivity contribution in [3.05, 3.63) is 33.5 Å². The number of carbonyl (C=O) groups is 1. The number of H-pyrrole nitrogens is 1. The molecule has 4 rings (SSSR count). The number of nitrogens with zero attached hydrogens (tertiary/aromatic N) is 3. The lowest BCUT2D eigenvalue weighted by Gasteiger charge is -2.34. The number of hydrogen-bond acceptors (Lipinski definition) is 4. The van der Waals surface area contributed by atoms with Gasteiger partial charge >= 0.3 is 0 Å². The van der Waals surface area contributed by atoms with E-state index < -0.39 is 0 Å². The molecule has 0 unspecified atom stereocenters. The van der Waals surface area contributed by atoms with E-state index in [-0.39, 0.29) is 11.9 Å². The lowest BCUT2D eigenvalue weighted by Crippen LogP contribution is -2.38.